The van der Waals surface area contributed by atoms with E-state index in [0.717, 1.165) is 47.9 Å². The van der Waals surface area contributed by atoms with E-state index in [1.54, 1.807) is 6.07 Å². The second-order valence-corrected chi connectivity index (χ2v) is 7.86. The number of fused-ring (bicyclic) bond motifs is 1. The monoisotopic (exact) mass is 412 g/mol. The average molecular weight is 412 g/mol. The Morgan fingerprint density at radius 2 is 1.77 bits per heavy atom. The van der Waals surface area contributed by atoms with Gasteiger partial charge in [0.25, 0.3) is 12.0 Å². The highest BCUT2D eigenvalue weighted by atomic mass is 19.3. The molecule has 0 radical (unpaired) electrons. The van der Waals surface area contributed by atoms with Crippen LogP contribution in [-0.4, -0.2) is 52.4 Å². The van der Waals surface area contributed by atoms with Crippen molar-refractivity contribution < 1.29 is 8.78 Å². The fourth-order valence-corrected chi connectivity index (χ4v) is 3.92. The summed E-state index contributed by atoms with van der Waals surface area (Å²) in [6.45, 7) is 2.61. The van der Waals surface area contributed by atoms with Crippen LogP contribution in [0.4, 0.5) is 20.3 Å². The van der Waals surface area contributed by atoms with E-state index >= 15 is 0 Å². The number of anilines is 2. The molecule has 156 valence electrons. The highest BCUT2D eigenvalue weighted by Gasteiger charge is 2.26. The third kappa shape index (κ3) is 3.71. The van der Waals surface area contributed by atoms with Gasteiger partial charge in [-0.25, -0.2) is 13.8 Å². The lowest BCUT2D eigenvalue weighted by atomic mass is 10.2. The van der Waals surface area contributed by atoms with Crippen LogP contribution in [0.2, 0.25) is 0 Å². The Morgan fingerprint density at radius 1 is 1.00 bits per heavy atom. The molecule has 0 spiro atoms. The van der Waals surface area contributed by atoms with Crippen LogP contribution in [0.25, 0.3) is 10.9 Å². The summed E-state index contributed by atoms with van der Waals surface area (Å²) in [4.78, 5) is 21.0. The number of rotatable bonds is 5. The standard InChI is InChI=1S/C21H22F2N6O/c22-19(23)12-29-13-24-18-11-15(3-4-16(18)21(29)30)27-7-9-28(10-8-27)20-6-5-17(25-26-20)14-1-2-14/h3-6,11,13-14,19H,1-2,7-10,12H2. The lowest BCUT2D eigenvalue weighted by molar-refractivity contribution is 0.125. The number of alkyl halides is 2. The maximum Gasteiger partial charge on any atom is 0.261 e. The fourth-order valence-electron chi connectivity index (χ4n) is 3.92. The second kappa shape index (κ2) is 7.62. The number of hydrogen-bond donors (Lipinski definition) is 0. The molecule has 1 saturated heterocycles. The zero-order valence-corrected chi connectivity index (χ0v) is 16.4. The molecule has 0 amide bonds. The van der Waals surface area contributed by atoms with E-state index in [1.807, 2.05) is 12.1 Å². The summed E-state index contributed by atoms with van der Waals surface area (Å²) < 4.78 is 26.2. The van der Waals surface area contributed by atoms with Crippen molar-refractivity contribution in [2.24, 2.45) is 0 Å². The molecule has 0 N–H and O–H groups in total. The van der Waals surface area contributed by atoms with Crippen molar-refractivity contribution >= 4 is 22.4 Å². The number of nitrogens with zero attached hydrogens (tertiary/aromatic N) is 6. The van der Waals surface area contributed by atoms with Crippen molar-refractivity contribution in [3.63, 3.8) is 0 Å². The van der Waals surface area contributed by atoms with Crippen molar-refractivity contribution in [2.75, 3.05) is 36.0 Å². The summed E-state index contributed by atoms with van der Waals surface area (Å²) in [5.74, 6) is 1.50. The van der Waals surface area contributed by atoms with Crippen LogP contribution in [0, 0.1) is 0 Å². The van der Waals surface area contributed by atoms with Crippen molar-refractivity contribution in [1.29, 1.82) is 0 Å². The van der Waals surface area contributed by atoms with E-state index in [9.17, 15) is 13.6 Å². The highest BCUT2D eigenvalue weighted by Crippen LogP contribution is 2.38. The number of aromatic nitrogens is 4. The Morgan fingerprint density at radius 3 is 2.43 bits per heavy atom. The van der Waals surface area contributed by atoms with Crippen LogP contribution in [0.5, 0.6) is 0 Å². The van der Waals surface area contributed by atoms with Crippen molar-refractivity contribution in [1.82, 2.24) is 19.7 Å². The van der Waals surface area contributed by atoms with Crippen LogP contribution in [0.15, 0.2) is 41.5 Å². The smallest absolute Gasteiger partial charge is 0.261 e. The predicted molar refractivity (Wildman–Crippen MR) is 110 cm³/mol. The molecular weight excluding hydrogens is 390 g/mol. The Bertz CT molecular complexity index is 1100. The Balaban J connectivity index is 1.28. The molecule has 1 aliphatic heterocycles. The van der Waals surface area contributed by atoms with E-state index < -0.39 is 18.5 Å². The molecule has 9 heteroatoms. The van der Waals surface area contributed by atoms with Crippen LogP contribution in [-0.2, 0) is 6.54 Å². The Hall–Kier alpha value is -3.10. The summed E-state index contributed by atoms with van der Waals surface area (Å²) in [7, 11) is 0. The van der Waals surface area contributed by atoms with Crippen molar-refractivity contribution in [3.8, 4) is 0 Å². The zero-order chi connectivity index (χ0) is 20.7. The lowest BCUT2D eigenvalue weighted by Gasteiger charge is -2.36. The van der Waals surface area contributed by atoms with Crippen LogP contribution in [0.1, 0.15) is 24.5 Å². The van der Waals surface area contributed by atoms with Gasteiger partial charge < -0.3 is 9.80 Å². The fraction of sp³-hybridized carbons (Fsp3) is 0.429. The largest absolute Gasteiger partial charge is 0.368 e. The van der Waals surface area contributed by atoms with Gasteiger partial charge in [-0.3, -0.25) is 9.36 Å². The summed E-state index contributed by atoms with van der Waals surface area (Å²) in [6, 6.07) is 9.53. The molecule has 2 fully saturated rings. The third-order valence-electron chi connectivity index (χ3n) is 5.78. The van der Waals surface area contributed by atoms with Crippen LogP contribution >= 0.6 is 0 Å². The molecule has 0 atom stereocenters. The first-order chi connectivity index (χ1) is 14.6. The topological polar surface area (TPSA) is 67.2 Å². The first-order valence-corrected chi connectivity index (χ1v) is 10.2. The molecule has 3 heterocycles. The van der Waals surface area contributed by atoms with Gasteiger partial charge in [0.15, 0.2) is 5.82 Å². The Labute approximate surface area is 172 Å². The maximum atomic E-state index is 12.6. The first-order valence-electron chi connectivity index (χ1n) is 10.2. The molecule has 3 aromatic rings. The first kappa shape index (κ1) is 18.9. The summed E-state index contributed by atoms with van der Waals surface area (Å²) in [5, 5.41) is 9.12. The molecule has 1 saturated carbocycles. The van der Waals surface area contributed by atoms with Crippen molar-refractivity contribution in [3.05, 3.63) is 52.7 Å². The van der Waals surface area contributed by atoms with Gasteiger partial charge in [-0.1, -0.05) is 0 Å². The van der Waals surface area contributed by atoms with Gasteiger partial charge in [0, 0.05) is 37.8 Å². The van der Waals surface area contributed by atoms with Gasteiger partial charge in [0.1, 0.15) is 0 Å². The van der Waals surface area contributed by atoms with Gasteiger partial charge in [-0.2, -0.15) is 5.10 Å². The number of benzene rings is 1. The molecule has 7 nitrogen and oxygen atoms in total. The summed E-state index contributed by atoms with van der Waals surface area (Å²) >= 11 is 0. The molecule has 1 aliphatic carbocycles. The molecular formula is C21H22F2N6O. The molecule has 30 heavy (non-hydrogen) atoms. The van der Waals surface area contributed by atoms with Crippen LogP contribution in [0.3, 0.4) is 0 Å². The minimum absolute atomic E-state index is 0.353. The molecule has 2 aliphatic rings. The number of halogens is 2. The second-order valence-electron chi connectivity index (χ2n) is 7.86. The van der Waals surface area contributed by atoms with Crippen LogP contribution < -0.4 is 15.4 Å². The molecule has 2 aromatic heterocycles. The molecule has 0 bridgehead atoms. The summed E-state index contributed by atoms with van der Waals surface area (Å²) in [5.41, 5.74) is 2.14. The Kier molecular flexibility index (Phi) is 4.80. The van der Waals surface area contributed by atoms with Gasteiger partial charge in [-0.15, -0.1) is 5.10 Å². The lowest BCUT2D eigenvalue weighted by Crippen LogP contribution is -2.46. The van der Waals surface area contributed by atoms with E-state index in [1.165, 1.54) is 19.2 Å². The summed E-state index contributed by atoms with van der Waals surface area (Å²) in [6.07, 6.45) is 1.04. The molecule has 0 unspecified atom stereocenters. The number of hydrogen-bond acceptors (Lipinski definition) is 6. The molecule has 1 aromatic carbocycles. The number of piperazine rings is 1. The third-order valence-corrected chi connectivity index (χ3v) is 5.78. The van der Waals surface area contributed by atoms with Gasteiger partial charge in [0.2, 0.25) is 0 Å². The normalized spacial score (nSPS) is 17.2. The van der Waals surface area contributed by atoms with Gasteiger partial charge in [-0.05, 0) is 43.2 Å². The zero-order valence-electron chi connectivity index (χ0n) is 16.4. The SMILES string of the molecule is O=c1c2ccc(N3CCN(c4ccc(C5CC5)nn4)CC3)cc2ncn1CC(F)F. The minimum Gasteiger partial charge on any atom is -0.368 e. The van der Waals surface area contributed by atoms with Gasteiger partial charge >= 0.3 is 0 Å². The molecule has 5 rings (SSSR count). The van der Waals surface area contributed by atoms with E-state index in [4.69, 9.17) is 0 Å². The average Bonchev–Trinajstić information content (AvgIpc) is 3.61. The maximum absolute atomic E-state index is 12.6. The highest BCUT2D eigenvalue weighted by molar-refractivity contribution is 5.81. The van der Waals surface area contributed by atoms with E-state index in [2.05, 4.69) is 37.1 Å². The quantitative estimate of drug-likeness (QED) is 0.642. The minimum atomic E-state index is -2.59. The van der Waals surface area contributed by atoms with Crippen molar-refractivity contribution in [2.45, 2.75) is 31.7 Å². The van der Waals surface area contributed by atoms with E-state index in [-0.39, 0.29) is 0 Å². The van der Waals surface area contributed by atoms with E-state index in [0.29, 0.717) is 16.8 Å². The predicted octanol–water partition coefficient (Wildman–Crippen LogP) is 2.66. The van der Waals surface area contributed by atoms with Gasteiger partial charge in [0.05, 0.1) is 29.5 Å².